The highest BCUT2D eigenvalue weighted by atomic mass is 35.5. The van der Waals surface area contributed by atoms with Crippen LogP contribution in [0.15, 0.2) is 52.3 Å². The van der Waals surface area contributed by atoms with Crippen LogP contribution in [0.5, 0.6) is 0 Å². The van der Waals surface area contributed by atoms with Crippen LogP contribution >= 0.6 is 35.0 Å². The van der Waals surface area contributed by atoms with Crippen molar-refractivity contribution in [2.24, 2.45) is 5.73 Å². The van der Waals surface area contributed by atoms with Gasteiger partial charge in [0.2, 0.25) is 0 Å². The van der Waals surface area contributed by atoms with E-state index in [4.69, 9.17) is 28.9 Å². The summed E-state index contributed by atoms with van der Waals surface area (Å²) in [5, 5.41) is 1.51. The van der Waals surface area contributed by atoms with E-state index in [-0.39, 0.29) is 0 Å². The van der Waals surface area contributed by atoms with E-state index in [1.807, 2.05) is 36.4 Å². The lowest BCUT2D eigenvalue weighted by Crippen LogP contribution is -2.02. The molecule has 0 aliphatic carbocycles. The van der Waals surface area contributed by atoms with Gasteiger partial charge >= 0.3 is 0 Å². The molecule has 2 aromatic rings. The first kappa shape index (κ1) is 13.8. The molecule has 94 valence electrons. The van der Waals surface area contributed by atoms with E-state index in [2.05, 4.69) is 6.07 Å². The second-order valence-corrected chi connectivity index (χ2v) is 5.84. The monoisotopic (exact) mass is 297 g/mol. The lowest BCUT2D eigenvalue weighted by atomic mass is 10.1. The van der Waals surface area contributed by atoms with Crippen LogP contribution in [0, 0.1) is 0 Å². The smallest absolute Gasteiger partial charge is 0.0449 e. The van der Waals surface area contributed by atoms with Crippen LogP contribution in [0.25, 0.3) is 0 Å². The van der Waals surface area contributed by atoms with Crippen molar-refractivity contribution in [2.75, 3.05) is 6.54 Å². The molecule has 1 nitrogen and oxygen atoms in total. The van der Waals surface area contributed by atoms with Crippen molar-refractivity contribution >= 4 is 35.0 Å². The second-order valence-electron chi connectivity index (χ2n) is 3.85. The summed E-state index contributed by atoms with van der Waals surface area (Å²) in [4.78, 5) is 2.20. The second kappa shape index (κ2) is 6.48. The van der Waals surface area contributed by atoms with Gasteiger partial charge in [0.25, 0.3) is 0 Å². The highest BCUT2D eigenvalue weighted by molar-refractivity contribution is 7.99. The molecule has 0 aromatic heterocycles. The first-order chi connectivity index (χ1) is 8.69. The Labute approximate surface area is 121 Å². The van der Waals surface area contributed by atoms with Gasteiger partial charge in [-0.05, 0) is 48.9 Å². The van der Waals surface area contributed by atoms with Crippen molar-refractivity contribution in [3.63, 3.8) is 0 Å². The van der Waals surface area contributed by atoms with Crippen LogP contribution in [-0.4, -0.2) is 6.54 Å². The fourth-order valence-electron chi connectivity index (χ4n) is 1.62. The third kappa shape index (κ3) is 3.66. The molecule has 2 aromatic carbocycles. The fraction of sp³-hybridized carbons (Fsp3) is 0.143. The molecule has 2 rings (SSSR count). The zero-order valence-corrected chi connectivity index (χ0v) is 12.0. The maximum atomic E-state index is 6.21. The van der Waals surface area contributed by atoms with E-state index in [1.165, 1.54) is 0 Å². The van der Waals surface area contributed by atoms with Crippen LogP contribution in [0.3, 0.4) is 0 Å². The Morgan fingerprint density at radius 1 is 1.00 bits per heavy atom. The molecule has 0 aliphatic rings. The van der Waals surface area contributed by atoms with E-state index in [0.29, 0.717) is 6.54 Å². The fourth-order valence-corrected chi connectivity index (χ4v) is 3.13. The molecule has 4 heteroatoms. The van der Waals surface area contributed by atoms with E-state index < -0.39 is 0 Å². The minimum atomic E-state index is 0.612. The van der Waals surface area contributed by atoms with Gasteiger partial charge in [-0.1, -0.05) is 47.1 Å². The molecule has 0 aliphatic heterocycles. The Morgan fingerprint density at radius 3 is 2.44 bits per heavy atom. The molecule has 0 saturated carbocycles. The summed E-state index contributed by atoms with van der Waals surface area (Å²) in [6.45, 7) is 0.612. The normalized spacial score (nSPS) is 10.6. The lowest BCUT2D eigenvalue weighted by molar-refractivity contribution is 0.967. The van der Waals surface area contributed by atoms with Gasteiger partial charge in [0, 0.05) is 19.8 Å². The summed E-state index contributed by atoms with van der Waals surface area (Å²) in [5.41, 5.74) is 6.62. The number of halogens is 2. The summed E-state index contributed by atoms with van der Waals surface area (Å²) < 4.78 is 0. The molecule has 0 fully saturated rings. The van der Waals surface area contributed by atoms with Gasteiger partial charge in [-0.25, -0.2) is 0 Å². The summed E-state index contributed by atoms with van der Waals surface area (Å²) >= 11 is 13.8. The third-order valence-electron chi connectivity index (χ3n) is 2.47. The Balaban J connectivity index is 2.17. The molecular formula is C14H13Cl2NS. The van der Waals surface area contributed by atoms with Crippen molar-refractivity contribution < 1.29 is 0 Å². The quantitative estimate of drug-likeness (QED) is 0.889. The molecule has 0 amide bonds. The highest BCUT2D eigenvalue weighted by Crippen LogP contribution is 2.32. The molecule has 18 heavy (non-hydrogen) atoms. The van der Waals surface area contributed by atoms with Gasteiger partial charge < -0.3 is 5.73 Å². The topological polar surface area (TPSA) is 26.0 Å². The van der Waals surface area contributed by atoms with Crippen molar-refractivity contribution in [2.45, 2.75) is 16.2 Å². The average Bonchev–Trinajstić information content (AvgIpc) is 2.33. The van der Waals surface area contributed by atoms with Crippen LogP contribution < -0.4 is 5.73 Å². The number of nitrogens with two attached hydrogens (primary N) is 1. The predicted molar refractivity (Wildman–Crippen MR) is 79.8 cm³/mol. The van der Waals surface area contributed by atoms with Crippen molar-refractivity contribution in [3.8, 4) is 0 Å². The zero-order chi connectivity index (χ0) is 13.0. The molecule has 0 atom stereocenters. The average molecular weight is 298 g/mol. The summed E-state index contributed by atoms with van der Waals surface area (Å²) in [6.07, 6.45) is 0.806. The SMILES string of the molecule is NCCc1ccc(Sc2cccc(Cl)c2)cc1Cl. The third-order valence-corrected chi connectivity index (χ3v) is 4.04. The first-order valence-electron chi connectivity index (χ1n) is 5.61. The molecule has 2 N–H and O–H groups in total. The summed E-state index contributed by atoms with van der Waals surface area (Å²) in [5.74, 6) is 0. The van der Waals surface area contributed by atoms with E-state index in [1.54, 1.807) is 11.8 Å². The molecule has 0 bridgehead atoms. The summed E-state index contributed by atoms with van der Waals surface area (Å²) in [6, 6.07) is 13.8. The standard InChI is InChI=1S/C14H13Cl2NS/c15-11-2-1-3-12(8-11)18-13-5-4-10(6-7-17)14(16)9-13/h1-5,8-9H,6-7,17H2. The number of hydrogen-bond acceptors (Lipinski definition) is 2. The maximum absolute atomic E-state index is 6.21. The zero-order valence-electron chi connectivity index (χ0n) is 9.70. The van der Waals surface area contributed by atoms with Gasteiger partial charge in [-0.15, -0.1) is 0 Å². The van der Waals surface area contributed by atoms with Crippen molar-refractivity contribution in [1.82, 2.24) is 0 Å². The molecule has 0 saturated heterocycles. The molecule has 0 spiro atoms. The Kier molecular flexibility index (Phi) is 4.95. The Morgan fingerprint density at radius 2 is 1.78 bits per heavy atom. The number of rotatable bonds is 4. The number of benzene rings is 2. The van der Waals surface area contributed by atoms with E-state index >= 15 is 0 Å². The van der Waals surface area contributed by atoms with Crippen LogP contribution in [0.1, 0.15) is 5.56 Å². The Hall–Kier alpha value is -0.670. The Bertz CT molecular complexity index is 543. The minimum absolute atomic E-state index is 0.612. The van der Waals surface area contributed by atoms with Gasteiger partial charge in [0.1, 0.15) is 0 Å². The van der Waals surface area contributed by atoms with E-state index in [0.717, 1.165) is 31.8 Å². The van der Waals surface area contributed by atoms with Gasteiger partial charge in [-0.3, -0.25) is 0 Å². The minimum Gasteiger partial charge on any atom is -0.330 e. The molecular weight excluding hydrogens is 285 g/mol. The van der Waals surface area contributed by atoms with Crippen LogP contribution in [-0.2, 0) is 6.42 Å². The molecule has 0 radical (unpaired) electrons. The lowest BCUT2D eigenvalue weighted by Gasteiger charge is -2.06. The van der Waals surface area contributed by atoms with Gasteiger partial charge in [0.15, 0.2) is 0 Å². The maximum Gasteiger partial charge on any atom is 0.0449 e. The van der Waals surface area contributed by atoms with Gasteiger partial charge in [0.05, 0.1) is 0 Å². The predicted octanol–water partition coefficient (Wildman–Crippen LogP) is 4.65. The molecule has 0 heterocycles. The van der Waals surface area contributed by atoms with Gasteiger partial charge in [-0.2, -0.15) is 0 Å². The highest BCUT2D eigenvalue weighted by Gasteiger charge is 2.03. The molecule has 0 unspecified atom stereocenters. The summed E-state index contributed by atoms with van der Waals surface area (Å²) in [7, 11) is 0. The van der Waals surface area contributed by atoms with Crippen molar-refractivity contribution in [3.05, 3.63) is 58.1 Å². The van der Waals surface area contributed by atoms with Crippen LogP contribution in [0.4, 0.5) is 0 Å². The van der Waals surface area contributed by atoms with E-state index in [9.17, 15) is 0 Å². The number of hydrogen-bond donors (Lipinski definition) is 1. The largest absolute Gasteiger partial charge is 0.330 e. The van der Waals surface area contributed by atoms with Crippen LogP contribution in [0.2, 0.25) is 10.0 Å². The van der Waals surface area contributed by atoms with Crippen molar-refractivity contribution in [1.29, 1.82) is 0 Å². The first-order valence-corrected chi connectivity index (χ1v) is 7.18.